The van der Waals surface area contributed by atoms with Gasteiger partial charge < -0.3 is 30.2 Å². The minimum Gasteiger partial charge on any atom is -0.492 e. The van der Waals surface area contributed by atoms with E-state index in [1.54, 1.807) is 0 Å². The number of morpholine rings is 2. The summed E-state index contributed by atoms with van der Waals surface area (Å²) in [7, 11) is 0. The first-order valence-electron chi connectivity index (χ1n) is 13.5. The molecule has 3 N–H and O–H groups in total. The first-order chi connectivity index (χ1) is 19.2. The van der Waals surface area contributed by atoms with Gasteiger partial charge in [0.15, 0.2) is 0 Å². The molecular weight excluding hydrogens is 492 g/mol. The number of rotatable bonds is 8. The van der Waals surface area contributed by atoms with E-state index in [1.807, 2.05) is 36.4 Å². The van der Waals surface area contributed by atoms with Crippen molar-refractivity contribution in [3.05, 3.63) is 66.7 Å². The van der Waals surface area contributed by atoms with Gasteiger partial charge in [-0.1, -0.05) is 24.3 Å². The Labute approximate surface area is 228 Å². The number of nitrogen functional groups attached to an aromatic ring is 1. The SMILES string of the molecule is Nc1nc(Nc2ccc(N3CCOCC3)cc2)nc2c(-c3cccc(OCCN4CCOCC4)c3)cccc12. The predicted octanol–water partition coefficient (Wildman–Crippen LogP) is 4.17. The van der Waals surface area contributed by atoms with Crippen LogP contribution < -0.4 is 20.7 Å². The maximum Gasteiger partial charge on any atom is 0.229 e. The summed E-state index contributed by atoms with van der Waals surface area (Å²) in [4.78, 5) is 14.1. The summed E-state index contributed by atoms with van der Waals surface area (Å²) in [5.41, 5.74) is 11.3. The zero-order valence-electron chi connectivity index (χ0n) is 22.0. The molecule has 0 amide bonds. The van der Waals surface area contributed by atoms with Gasteiger partial charge in [0.2, 0.25) is 5.95 Å². The number of nitrogens with one attached hydrogen (secondary N) is 1. The van der Waals surface area contributed by atoms with Crippen molar-refractivity contribution in [3.8, 4) is 16.9 Å². The highest BCUT2D eigenvalue weighted by Crippen LogP contribution is 2.33. The van der Waals surface area contributed by atoms with Gasteiger partial charge in [-0.2, -0.15) is 4.98 Å². The van der Waals surface area contributed by atoms with Gasteiger partial charge >= 0.3 is 0 Å². The molecule has 3 heterocycles. The largest absolute Gasteiger partial charge is 0.492 e. The van der Waals surface area contributed by atoms with Crippen molar-refractivity contribution < 1.29 is 14.2 Å². The average molecular weight is 527 g/mol. The molecule has 9 heteroatoms. The summed E-state index contributed by atoms with van der Waals surface area (Å²) in [6.45, 7) is 8.33. The van der Waals surface area contributed by atoms with E-state index >= 15 is 0 Å². The van der Waals surface area contributed by atoms with Gasteiger partial charge in [-0.05, 0) is 48.0 Å². The second-order valence-corrected chi connectivity index (χ2v) is 9.74. The van der Waals surface area contributed by atoms with E-state index in [2.05, 4.69) is 50.4 Å². The van der Waals surface area contributed by atoms with Crippen LogP contribution in [0.1, 0.15) is 0 Å². The number of anilines is 4. The number of para-hydroxylation sites is 1. The van der Waals surface area contributed by atoms with E-state index in [0.717, 1.165) is 92.6 Å². The molecule has 9 nitrogen and oxygen atoms in total. The van der Waals surface area contributed by atoms with Crippen molar-refractivity contribution in [1.29, 1.82) is 0 Å². The van der Waals surface area contributed by atoms with Crippen LogP contribution in [0, 0.1) is 0 Å². The van der Waals surface area contributed by atoms with Gasteiger partial charge in [0.05, 0.1) is 31.9 Å². The summed E-state index contributed by atoms with van der Waals surface area (Å²) >= 11 is 0. The van der Waals surface area contributed by atoms with Gasteiger partial charge in [0.25, 0.3) is 0 Å². The van der Waals surface area contributed by atoms with Crippen LogP contribution in [-0.4, -0.2) is 80.6 Å². The van der Waals surface area contributed by atoms with Crippen LogP contribution >= 0.6 is 0 Å². The van der Waals surface area contributed by atoms with Crippen LogP contribution in [-0.2, 0) is 9.47 Å². The molecule has 0 unspecified atom stereocenters. The Morgan fingerprint density at radius 3 is 2.38 bits per heavy atom. The van der Waals surface area contributed by atoms with E-state index < -0.39 is 0 Å². The standard InChI is InChI=1S/C30H34N6O3/c31-29-27-6-2-5-26(22-3-1-4-25(21-22)39-20-13-35-11-16-37-17-12-35)28(27)33-30(34-29)32-23-7-9-24(10-8-23)36-14-18-38-19-15-36/h1-10,21H,11-20H2,(H3,31,32,33,34). The molecule has 4 aromatic rings. The molecule has 2 fully saturated rings. The maximum absolute atomic E-state index is 6.40. The molecule has 0 bridgehead atoms. The van der Waals surface area contributed by atoms with Gasteiger partial charge in [0, 0.05) is 55.0 Å². The van der Waals surface area contributed by atoms with Crippen LogP contribution in [0.2, 0.25) is 0 Å². The van der Waals surface area contributed by atoms with Crippen molar-refractivity contribution in [2.75, 3.05) is 81.7 Å². The van der Waals surface area contributed by atoms with Crippen LogP contribution in [0.3, 0.4) is 0 Å². The number of nitrogens with two attached hydrogens (primary N) is 1. The quantitative estimate of drug-likeness (QED) is 0.351. The number of hydrogen-bond acceptors (Lipinski definition) is 9. The second kappa shape index (κ2) is 11.9. The third-order valence-corrected chi connectivity index (χ3v) is 7.18. The Morgan fingerprint density at radius 1 is 0.846 bits per heavy atom. The third-order valence-electron chi connectivity index (χ3n) is 7.18. The monoisotopic (exact) mass is 526 g/mol. The summed E-state index contributed by atoms with van der Waals surface area (Å²) in [5.74, 6) is 1.73. The molecule has 2 saturated heterocycles. The topological polar surface area (TPSA) is 98.0 Å². The Bertz CT molecular complexity index is 1400. The number of fused-ring (bicyclic) bond motifs is 1. The first kappa shape index (κ1) is 25.4. The summed E-state index contributed by atoms with van der Waals surface area (Å²) in [6.07, 6.45) is 0. The molecule has 6 rings (SSSR count). The minimum atomic E-state index is 0.437. The minimum absolute atomic E-state index is 0.437. The van der Waals surface area contributed by atoms with Crippen molar-refractivity contribution >= 4 is 34.0 Å². The first-order valence-corrected chi connectivity index (χ1v) is 13.5. The zero-order valence-corrected chi connectivity index (χ0v) is 22.0. The molecule has 39 heavy (non-hydrogen) atoms. The van der Waals surface area contributed by atoms with E-state index in [0.29, 0.717) is 18.4 Å². The zero-order chi connectivity index (χ0) is 26.4. The maximum atomic E-state index is 6.40. The van der Waals surface area contributed by atoms with E-state index in [-0.39, 0.29) is 0 Å². The smallest absolute Gasteiger partial charge is 0.229 e. The summed E-state index contributed by atoms with van der Waals surface area (Å²) in [6, 6.07) is 22.4. The summed E-state index contributed by atoms with van der Waals surface area (Å²) in [5, 5.41) is 4.15. The number of nitrogens with zero attached hydrogens (tertiary/aromatic N) is 4. The Kier molecular flexibility index (Phi) is 7.71. The molecule has 3 aromatic carbocycles. The normalized spacial score (nSPS) is 16.4. The molecule has 0 aliphatic carbocycles. The highest BCUT2D eigenvalue weighted by Gasteiger charge is 2.14. The fourth-order valence-corrected chi connectivity index (χ4v) is 5.04. The lowest BCUT2D eigenvalue weighted by Gasteiger charge is -2.28. The third kappa shape index (κ3) is 6.06. The molecule has 2 aliphatic rings. The van der Waals surface area contributed by atoms with Gasteiger partial charge in [-0.15, -0.1) is 0 Å². The van der Waals surface area contributed by atoms with Crippen LogP contribution in [0.4, 0.5) is 23.1 Å². The highest BCUT2D eigenvalue weighted by atomic mass is 16.5. The summed E-state index contributed by atoms with van der Waals surface area (Å²) < 4.78 is 17.0. The lowest BCUT2D eigenvalue weighted by Crippen LogP contribution is -2.38. The molecule has 0 saturated carbocycles. The van der Waals surface area contributed by atoms with Crippen molar-refractivity contribution in [2.24, 2.45) is 0 Å². The molecule has 1 aromatic heterocycles. The van der Waals surface area contributed by atoms with Gasteiger partial charge in [0.1, 0.15) is 18.2 Å². The molecule has 2 aliphatic heterocycles. The van der Waals surface area contributed by atoms with Gasteiger partial charge in [-0.25, -0.2) is 4.98 Å². The molecule has 202 valence electrons. The van der Waals surface area contributed by atoms with E-state index in [9.17, 15) is 0 Å². The van der Waals surface area contributed by atoms with E-state index in [4.69, 9.17) is 24.9 Å². The fourth-order valence-electron chi connectivity index (χ4n) is 5.04. The van der Waals surface area contributed by atoms with Crippen molar-refractivity contribution in [3.63, 3.8) is 0 Å². The number of aromatic nitrogens is 2. The lowest BCUT2D eigenvalue weighted by molar-refractivity contribution is 0.0322. The van der Waals surface area contributed by atoms with Crippen LogP contribution in [0.25, 0.3) is 22.0 Å². The molecule has 0 atom stereocenters. The predicted molar refractivity (Wildman–Crippen MR) is 155 cm³/mol. The lowest BCUT2D eigenvalue weighted by atomic mass is 10.0. The number of ether oxygens (including phenoxy) is 3. The second-order valence-electron chi connectivity index (χ2n) is 9.74. The average Bonchev–Trinajstić information content (AvgIpc) is 2.99. The van der Waals surface area contributed by atoms with Crippen molar-refractivity contribution in [2.45, 2.75) is 0 Å². The van der Waals surface area contributed by atoms with Crippen LogP contribution in [0.15, 0.2) is 66.7 Å². The van der Waals surface area contributed by atoms with Crippen molar-refractivity contribution in [1.82, 2.24) is 14.9 Å². The Morgan fingerprint density at radius 2 is 1.59 bits per heavy atom. The number of hydrogen-bond donors (Lipinski definition) is 2. The fraction of sp³-hybridized carbons (Fsp3) is 0.333. The Balaban J connectivity index is 1.20. The highest BCUT2D eigenvalue weighted by molar-refractivity contribution is 5.99. The molecule has 0 spiro atoms. The van der Waals surface area contributed by atoms with E-state index in [1.165, 1.54) is 5.69 Å². The van der Waals surface area contributed by atoms with Gasteiger partial charge in [-0.3, -0.25) is 4.90 Å². The Hall–Kier alpha value is -3.92. The molecular formula is C30H34N6O3. The number of benzene rings is 3. The molecule has 0 radical (unpaired) electrons. The van der Waals surface area contributed by atoms with Crippen LogP contribution in [0.5, 0.6) is 5.75 Å².